The summed E-state index contributed by atoms with van der Waals surface area (Å²) in [5.41, 5.74) is 9.93. The van der Waals surface area contributed by atoms with E-state index in [1.54, 1.807) is 0 Å². The zero-order valence-corrected chi connectivity index (χ0v) is 12.8. The van der Waals surface area contributed by atoms with Crippen LogP contribution < -0.4 is 5.73 Å². The first-order valence-corrected chi connectivity index (χ1v) is 7.47. The van der Waals surface area contributed by atoms with Gasteiger partial charge in [-0.2, -0.15) is 5.10 Å². The highest BCUT2D eigenvalue weighted by Gasteiger charge is 2.28. The predicted octanol–water partition coefficient (Wildman–Crippen LogP) is 4.02. The molecule has 1 aromatic heterocycles. The molecular formula is C15H18BrN3. The molecule has 0 saturated carbocycles. The van der Waals surface area contributed by atoms with Crippen molar-refractivity contribution in [1.82, 2.24) is 9.78 Å². The Morgan fingerprint density at radius 3 is 2.58 bits per heavy atom. The van der Waals surface area contributed by atoms with Crippen molar-refractivity contribution in [2.24, 2.45) is 0 Å². The SMILES string of the molecule is Cc1nn(C2CCC(C)c3ccccc32)c(N)c1Br. The van der Waals surface area contributed by atoms with Gasteiger partial charge in [0.05, 0.1) is 16.2 Å². The van der Waals surface area contributed by atoms with Gasteiger partial charge < -0.3 is 5.73 Å². The van der Waals surface area contributed by atoms with Crippen LogP contribution in [0.25, 0.3) is 0 Å². The van der Waals surface area contributed by atoms with Crippen LogP contribution in [0.1, 0.15) is 48.5 Å². The summed E-state index contributed by atoms with van der Waals surface area (Å²) in [6.45, 7) is 4.27. The minimum atomic E-state index is 0.261. The zero-order valence-electron chi connectivity index (χ0n) is 11.2. The maximum Gasteiger partial charge on any atom is 0.137 e. The van der Waals surface area contributed by atoms with Gasteiger partial charge in [0.1, 0.15) is 5.82 Å². The fraction of sp³-hybridized carbons (Fsp3) is 0.400. The lowest BCUT2D eigenvalue weighted by atomic mass is 9.81. The summed E-state index contributed by atoms with van der Waals surface area (Å²) < 4.78 is 2.90. The summed E-state index contributed by atoms with van der Waals surface area (Å²) in [6.07, 6.45) is 2.27. The van der Waals surface area contributed by atoms with Gasteiger partial charge in [-0.1, -0.05) is 31.2 Å². The molecule has 1 aliphatic carbocycles. The predicted molar refractivity (Wildman–Crippen MR) is 81.3 cm³/mol. The van der Waals surface area contributed by atoms with Crippen LogP contribution in [0.2, 0.25) is 0 Å². The molecule has 2 unspecified atom stereocenters. The molecule has 3 rings (SSSR count). The molecule has 0 bridgehead atoms. The van der Waals surface area contributed by atoms with Crippen molar-refractivity contribution in [3.63, 3.8) is 0 Å². The van der Waals surface area contributed by atoms with E-state index in [1.807, 2.05) is 11.6 Å². The Balaban J connectivity index is 2.12. The highest BCUT2D eigenvalue weighted by Crippen LogP contribution is 2.41. The van der Waals surface area contributed by atoms with Crippen molar-refractivity contribution in [2.45, 2.75) is 38.6 Å². The molecule has 2 atom stereocenters. The zero-order chi connectivity index (χ0) is 13.6. The molecule has 1 heterocycles. The van der Waals surface area contributed by atoms with E-state index in [0.717, 1.165) is 22.4 Å². The second-order valence-corrected chi connectivity index (χ2v) is 6.15. The second kappa shape index (κ2) is 4.67. The number of nitrogens with zero attached hydrogens (tertiary/aromatic N) is 2. The highest BCUT2D eigenvalue weighted by molar-refractivity contribution is 9.10. The molecule has 100 valence electrons. The Labute approximate surface area is 121 Å². The van der Waals surface area contributed by atoms with Crippen molar-refractivity contribution in [2.75, 3.05) is 5.73 Å². The summed E-state index contributed by atoms with van der Waals surface area (Å²) in [4.78, 5) is 0. The van der Waals surface area contributed by atoms with Crippen molar-refractivity contribution < 1.29 is 0 Å². The fourth-order valence-electron chi connectivity index (χ4n) is 3.02. The lowest BCUT2D eigenvalue weighted by Crippen LogP contribution is -2.21. The van der Waals surface area contributed by atoms with E-state index >= 15 is 0 Å². The van der Waals surface area contributed by atoms with Crippen molar-refractivity contribution in [3.05, 3.63) is 45.6 Å². The molecule has 4 heteroatoms. The Morgan fingerprint density at radius 1 is 1.26 bits per heavy atom. The first-order chi connectivity index (χ1) is 9.09. The van der Waals surface area contributed by atoms with Gasteiger partial charge in [0, 0.05) is 0 Å². The number of halogens is 1. The van der Waals surface area contributed by atoms with Gasteiger partial charge in [-0.05, 0) is 52.7 Å². The number of fused-ring (bicyclic) bond motifs is 1. The Bertz CT molecular complexity index is 618. The summed E-state index contributed by atoms with van der Waals surface area (Å²) in [5.74, 6) is 1.35. The van der Waals surface area contributed by atoms with E-state index in [-0.39, 0.29) is 6.04 Å². The fourth-order valence-corrected chi connectivity index (χ4v) is 3.28. The monoisotopic (exact) mass is 319 g/mol. The number of aryl methyl sites for hydroxylation is 1. The van der Waals surface area contributed by atoms with Crippen molar-refractivity contribution in [1.29, 1.82) is 0 Å². The van der Waals surface area contributed by atoms with Gasteiger partial charge in [0.25, 0.3) is 0 Å². The number of hydrogen-bond acceptors (Lipinski definition) is 2. The number of rotatable bonds is 1. The van der Waals surface area contributed by atoms with E-state index in [0.29, 0.717) is 5.92 Å². The first kappa shape index (κ1) is 12.7. The number of anilines is 1. The number of nitrogen functional groups attached to an aromatic ring is 1. The quantitative estimate of drug-likeness (QED) is 0.862. The number of aromatic nitrogens is 2. The Hall–Kier alpha value is -1.29. The van der Waals surface area contributed by atoms with Gasteiger partial charge in [0.2, 0.25) is 0 Å². The lowest BCUT2D eigenvalue weighted by Gasteiger charge is -2.30. The molecule has 0 saturated heterocycles. The molecule has 2 aromatic rings. The van der Waals surface area contributed by atoms with Crippen LogP contribution in [-0.4, -0.2) is 9.78 Å². The third-order valence-corrected chi connectivity index (χ3v) is 5.08. The molecule has 2 N–H and O–H groups in total. The molecule has 3 nitrogen and oxygen atoms in total. The third-order valence-electron chi connectivity index (χ3n) is 4.10. The van der Waals surface area contributed by atoms with E-state index < -0.39 is 0 Å². The van der Waals surface area contributed by atoms with Crippen molar-refractivity contribution in [3.8, 4) is 0 Å². The second-order valence-electron chi connectivity index (χ2n) is 5.35. The average Bonchev–Trinajstić information content (AvgIpc) is 2.67. The van der Waals surface area contributed by atoms with E-state index in [2.05, 4.69) is 52.2 Å². The topological polar surface area (TPSA) is 43.8 Å². The number of nitrogens with two attached hydrogens (primary N) is 1. The minimum absolute atomic E-state index is 0.261. The average molecular weight is 320 g/mol. The van der Waals surface area contributed by atoms with Gasteiger partial charge >= 0.3 is 0 Å². The van der Waals surface area contributed by atoms with E-state index in [9.17, 15) is 0 Å². The van der Waals surface area contributed by atoms with E-state index in [4.69, 9.17) is 5.73 Å². The van der Waals surface area contributed by atoms with Crippen LogP contribution >= 0.6 is 15.9 Å². The maximum atomic E-state index is 6.18. The third kappa shape index (κ3) is 1.98. The van der Waals surface area contributed by atoms with E-state index in [1.165, 1.54) is 17.5 Å². The van der Waals surface area contributed by atoms with Gasteiger partial charge in [-0.15, -0.1) is 0 Å². The Morgan fingerprint density at radius 2 is 1.95 bits per heavy atom. The van der Waals surface area contributed by atoms with Gasteiger partial charge in [-0.3, -0.25) is 0 Å². The largest absolute Gasteiger partial charge is 0.383 e. The van der Waals surface area contributed by atoms with Crippen LogP contribution in [0.15, 0.2) is 28.7 Å². The molecule has 1 aliphatic rings. The lowest BCUT2D eigenvalue weighted by molar-refractivity contribution is 0.427. The summed E-state index contributed by atoms with van der Waals surface area (Å²) in [6, 6.07) is 8.92. The molecular weight excluding hydrogens is 302 g/mol. The van der Waals surface area contributed by atoms with Crippen molar-refractivity contribution >= 4 is 21.7 Å². The molecule has 1 aromatic carbocycles. The minimum Gasteiger partial charge on any atom is -0.383 e. The first-order valence-electron chi connectivity index (χ1n) is 6.68. The van der Waals surface area contributed by atoms with Crippen LogP contribution in [0.5, 0.6) is 0 Å². The summed E-state index contributed by atoms with van der Waals surface area (Å²) >= 11 is 3.51. The molecule has 0 aliphatic heterocycles. The highest BCUT2D eigenvalue weighted by atomic mass is 79.9. The molecule has 0 radical (unpaired) electrons. The summed E-state index contributed by atoms with van der Waals surface area (Å²) in [5, 5.41) is 4.60. The number of hydrogen-bond donors (Lipinski definition) is 1. The molecule has 0 amide bonds. The summed E-state index contributed by atoms with van der Waals surface area (Å²) in [7, 11) is 0. The van der Waals surface area contributed by atoms with Gasteiger partial charge in [-0.25, -0.2) is 4.68 Å². The van der Waals surface area contributed by atoms with Crippen LogP contribution in [-0.2, 0) is 0 Å². The maximum absolute atomic E-state index is 6.18. The van der Waals surface area contributed by atoms with Crippen LogP contribution in [0, 0.1) is 6.92 Å². The number of benzene rings is 1. The molecule has 0 spiro atoms. The Kier molecular flexibility index (Phi) is 3.13. The standard InChI is InChI=1S/C15H18BrN3/c1-9-7-8-13(12-6-4-3-5-11(9)12)19-15(17)14(16)10(2)18-19/h3-6,9,13H,7-8,17H2,1-2H3. The molecule has 0 fully saturated rings. The smallest absolute Gasteiger partial charge is 0.137 e. The van der Waals surface area contributed by atoms with Gasteiger partial charge in [0.15, 0.2) is 0 Å². The molecule has 19 heavy (non-hydrogen) atoms. The normalized spacial score (nSPS) is 22.3. The van der Waals surface area contributed by atoms with Crippen LogP contribution in [0.3, 0.4) is 0 Å². The van der Waals surface area contributed by atoms with Crippen LogP contribution in [0.4, 0.5) is 5.82 Å².